The number of anilines is 1. The molecule has 35 heavy (non-hydrogen) atoms. The third-order valence-corrected chi connectivity index (χ3v) is 6.79. The van der Waals surface area contributed by atoms with Gasteiger partial charge in [0, 0.05) is 31.1 Å². The highest BCUT2D eigenvalue weighted by Gasteiger charge is 2.29. The van der Waals surface area contributed by atoms with Gasteiger partial charge in [-0.25, -0.2) is 17.6 Å². The van der Waals surface area contributed by atoms with Crippen molar-refractivity contribution < 1.29 is 27.1 Å². The van der Waals surface area contributed by atoms with Crippen molar-refractivity contribution in [1.82, 2.24) is 10.3 Å². The molecule has 8 nitrogen and oxygen atoms in total. The molecule has 2 heterocycles. The first-order valence-corrected chi connectivity index (χ1v) is 12.5. The van der Waals surface area contributed by atoms with E-state index >= 15 is 0 Å². The van der Waals surface area contributed by atoms with E-state index in [1.165, 1.54) is 24.1 Å². The molecule has 4 rings (SSSR count). The van der Waals surface area contributed by atoms with Crippen LogP contribution in [-0.4, -0.2) is 31.9 Å². The van der Waals surface area contributed by atoms with Crippen molar-refractivity contribution in [3.05, 3.63) is 95.9 Å². The van der Waals surface area contributed by atoms with Crippen molar-refractivity contribution in [1.29, 1.82) is 0 Å². The molecule has 1 aliphatic heterocycles. The van der Waals surface area contributed by atoms with Crippen LogP contribution in [0.1, 0.15) is 18.1 Å². The standard InChI is InChI=1S/C25H22FN3O5S/c1-17(30)28-13-22-14-29(25(31)34-22)21-6-7-23(24(26)12-21)20-4-2-18(3-5-20)15-35(32,33)16-19-8-10-27-11-9-19/h2-13H,14-16H2,1H3,(H,28,30)/b22-13+. The molecule has 0 spiro atoms. The van der Waals surface area contributed by atoms with Gasteiger partial charge in [0.15, 0.2) is 9.84 Å². The third kappa shape index (κ3) is 6.10. The van der Waals surface area contributed by atoms with Crippen LogP contribution in [0.4, 0.5) is 14.9 Å². The van der Waals surface area contributed by atoms with Gasteiger partial charge in [-0.15, -0.1) is 0 Å². The summed E-state index contributed by atoms with van der Waals surface area (Å²) in [6.45, 7) is 1.38. The van der Waals surface area contributed by atoms with E-state index in [0.29, 0.717) is 27.9 Å². The Hall–Kier alpha value is -4.05. The summed E-state index contributed by atoms with van der Waals surface area (Å²) in [5.74, 6) is -0.840. The molecule has 2 amide bonds. The lowest BCUT2D eigenvalue weighted by atomic mass is 10.0. The minimum Gasteiger partial charge on any atom is -0.411 e. The summed E-state index contributed by atoms with van der Waals surface area (Å²) in [6, 6.07) is 14.3. The van der Waals surface area contributed by atoms with Gasteiger partial charge < -0.3 is 10.1 Å². The van der Waals surface area contributed by atoms with Crippen LogP contribution in [0.5, 0.6) is 0 Å². The molecule has 1 fully saturated rings. The number of sulfone groups is 1. The zero-order valence-electron chi connectivity index (χ0n) is 18.8. The van der Waals surface area contributed by atoms with E-state index in [0.717, 1.165) is 0 Å². The van der Waals surface area contributed by atoms with E-state index in [4.69, 9.17) is 4.74 Å². The van der Waals surface area contributed by atoms with Crippen LogP contribution in [0.3, 0.4) is 0 Å². The lowest BCUT2D eigenvalue weighted by Crippen LogP contribution is -2.23. The Labute approximate surface area is 202 Å². The van der Waals surface area contributed by atoms with Crippen molar-refractivity contribution in [3.8, 4) is 11.1 Å². The minimum absolute atomic E-state index is 0.0561. The molecule has 1 aromatic heterocycles. The van der Waals surface area contributed by atoms with E-state index in [1.807, 2.05) is 0 Å². The highest BCUT2D eigenvalue weighted by atomic mass is 32.2. The fourth-order valence-electron chi connectivity index (χ4n) is 3.60. The van der Waals surface area contributed by atoms with E-state index < -0.39 is 21.7 Å². The quantitative estimate of drug-likeness (QED) is 0.532. The molecule has 0 atom stereocenters. The molecule has 180 valence electrons. The summed E-state index contributed by atoms with van der Waals surface area (Å²) in [7, 11) is -3.39. The molecule has 0 saturated carbocycles. The Balaban J connectivity index is 1.46. The summed E-state index contributed by atoms with van der Waals surface area (Å²) in [6.07, 6.45) is 3.72. The van der Waals surface area contributed by atoms with Gasteiger partial charge in [-0.1, -0.05) is 24.3 Å². The average molecular weight is 496 g/mol. The summed E-state index contributed by atoms with van der Waals surface area (Å²) in [5.41, 5.74) is 2.44. The van der Waals surface area contributed by atoms with Gasteiger partial charge in [0.2, 0.25) is 5.91 Å². The summed E-state index contributed by atoms with van der Waals surface area (Å²) >= 11 is 0. The normalized spacial score (nSPS) is 14.7. The monoisotopic (exact) mass is 495 g/mol. The fourth-order valence-corrected chi connectivity index (χ4v) is 5.10. The number of cyclic esters (lactones) is 1. The van der Waals surface area contributed by atoms with Crippen LogP contribution < -0.4 is 10.2 Å². The predicted octanol–water partition coefficient (Wildman–Crippen LogP) is 3.94. The number of pyridine rings is 1. The highest BCUT2D eigenvalue weighted by Crippen LogP contribution is 2.30. The molecular formula is C25H22FN3O5S. The molecule has 1 aliphatic rings. The summed E-state index contributed by atoms with van der Waals surface area (Å²) in [4.78, 5) is 28.3. The Morgan fingerprint density at radius 2 is 1.74 bits per heavy atom. The van der Waals surface area contributed by atoms with E-state index in [1.54, 1.807) is 60.9 Å². The number of nitrogens with one attached hydrogen (secondary N) is 1. The van der Waals surface area contributed by atoms with Crippen molar-refractivity contribution in [2.24, 2.45) is 0 Å². The minimum atomic E-state index is -3.39. The Morgan fingerprint density at radius 1 is 1.09 bits per heavy atom. The zero-order valence-corrected chi connectivity index (χ0v) is 19.6. The zero-order chi connectivity index (χ0) is 25.0. The molecule has 0 radical (unpaired) electrons. The summed E-state index contributed by atoms with van der Waals surface area (Å²) < 4.78 is 45.0. The lowest BCUT2D eigenvalue weighted by Gasteiger charge is -2.14. The molecule has 1 N–H and O–H groups in total. The Kier molecular flexibility index (Phi) is 6.92. The van der Waals surface area contributed by atoms with E-state index in [9.17, 15) is 22.4 Å². The second-order valence-electron chi connectivity index (χ2n) is 8.01. The molecule has 10 heteroatoms. The first-order valence-electron chi connectivity index (χ1n) is 10.6. The van der Waals surface area contributed by atoms with Crippen LogP contribution >= 0.6 is 0 Å². The van der Waals surface area contributed by atoms with Gasteiger partial charge in [-0.3, -0.25) is 14.7 Å². The Bertz CT molecular complexity index is 1390. The number of hydrogen-bond acceptors (Lipinski definition) is 6. The van der Waals surface area contributed by atoms with Crippen molar-refractivity contribution in [2.75, 3.05) is 11.4 Å². The van der Waals surface area contributed by atoms with Gasteiger partial charge >= 0.3 is 6.09 Å². The second-order valence-corrected chi connectivity index (χ2v) is 10.1. The first-order chi connectivity index (χ1) is 16.7. The number of ether oxygens (including phenoxy) is 1. The highest BCUT2D eigenvalue weighted by molar-refractivity contribution is 7.89. The second kappa shape index (κ2) is 10.1. The molecular weight excluding hydrogens is 473 g/mol. The fraction of sp³-hybridized carbons (Fsp3) is 0.160. The molecule has 0 bridgehead atoms. The Morgan fingerprint density at radius 3 is 2.37 bits per heavy atom. The SMILES string of the molecule is CC(=O)N/C=C1\CN(c2ccc(-c3ccc(CS(=O)(=O)Cc4ccncc4)cc3)c(F)c2)C(=O)O1. The lowest BCUT2D eigenvalue weighted by molar-refractivity contribution is -0.118. The number of halogens is 1. The largest absolute Gasteiger partial charge is 0.419 e. The number of nitrogens with zero attached hydrogens (tertiary/aromatic N) is 2. The number of hydrogen-bond donors (Lipinski definition) is 1. The number of rotatable bonds is 7. The van der Waals surface area contributed by atoms with Gasteiger partial charge in [-0.05, 0) is 47.0 Å². The predicted molar refractivity (Wildman–Crippen MR) is 128 cm³/mol. The first kappa shape index (κ1) is 24.1. The average Bonchev–Trinajstić information content (AvgIpc) is 3.19. The van der Waals surface area contributed by atoms with Crippen LogP contribution in [-0.2, 0) is 30.9 Å². The molecule has 1 saturated heterocycles. The maximum absolute atomic E-state index is 14.9. The molecule has 3 aromatic rings. The van der Waals surface area contributed by atoms with Crippen LogP contribution in [0, 0.1) is 5.82 Å². The molecule has 0 unspecified atom stereocenters. The van der Waals surface area contributed by atoms with Crippen LogP contribution in [0.25, 0.3) is 11.1 Å². The van der Waals surface area contributed by atoms with Gasteiger partial charge in [0.25, 0.3) is 0 Å². The van der Waals surface area contributed by atoms with Crippen molar-refractivity contribution in [3.63, 3.8) is 0 Å². The van der Waals surface area contributed by atoms with E-state index in [-0.39, 0.29) is 29.7 Å². The van der Waals surface area contributed by atoms with E-state index in [2.05, 4.69) is 10.3 Å². The maximum atomic E-state index is 14.9. The van der Waals surface area contributed by atoms with Crippen molar-refractivity contribution in [2.45, 2.75) is 18.4 Å². The number of benzene rings is 2. The molecule has 0 aliphatic carbocycles. The number of aromatic nitrogens is 1. The van der Waals surface area contributed by atoms with Gasteiger partial charge in [0.1, 0.15) is 11.6 Å². The number of carbonyl (C=O) groups excluding carboxylic acids is 2. The van der Waals surface area contributed by atoms with Gasteiger partial charge in [-0.2, -0.15) is 0 Å². The number of carbonyl (C=O) groups is 2. The smallest absolute Gasteiger partial charge is 0.411 e. The molecule has 2 aromatic carbocycles. The number of amides is 2. The van der Waals surface area contributed by atoms with Crippen LogP contribution in [0.2, 0.25) is 0 Å². The summed E-state index contributed by atoms with van der Waals surface area (Å²) in [5, 5.41) is 2.43. The maximum Gasteiger partial charge on any atom is 0.419 e. The van der Waals surface area contributed by atoms with Gasteiger partial charge in [0.05, 0.1) is 23.7 Å². The van der Waals surface area contributed by atoms with Crippen LogP contribution in [0.15, 0.2) is 79.0 Å². The van der Waals surface area contributed by atoms with Crippen molar-refractivity contribution >= 4 is 27.5 Å². The third-order valence-electron chi connectivity index (χ3n) is 5.24. The topological polar surface area (TPSA) is 106 Å².